The van der Waals surface area contributed by atoms with E-state index in [9.17, 15) is 27.9 Å². The molecule has 0 bridgehead atoms. The van der Waals surface area contributed by atoms with E-state index in [2.05, 4.69) is 4.37 Å². The highest BCUT2D eigenvalue weighted by Gasteiger charge is 2.35. The predicted molar refractivity (Wildman–Crippen MR) is 107 cm³/mol. The molecular formula is C20H14F3N3O3S. The molecule has 2 heterocycles. The number of aromatic hydroxyl groups is 1. The molecule has 0 atom stereocenters. The second-order valence-corrected chi connectivity index (χ2v) is 7.58. The molecule has 0 saturated carbocycles. The van der Waals surface area contributed by atoms with Crippen LogP contribution in [0, 0.1) is 6.92 Å². The van der Waals surface area contributed by atoms with E-state index >= 15 is 0 Å². The Morgan fingerprint density at radius 1 is 1.07 bits per heavy atom. The number of phenolic OH excluding ortho intramolecular Hbond substituents is 1. The van der Waals surface area contributed by atoms with Crippen molar-refractivity contribution in [2.45, 2.75) is 13.1 Å². The molecular weight excluding hydrogens is 419 g/mol. The summed E-state index contributed by atoms with van der Waals surface area (Å²) < 4.78 is 45.4. The maximum atomic E-state index is 13.1. The highest BCUT2D eigenvalue weighted by molar-refractivity contribution is 7.13. The molecule has 2 aromatic carbocycles. The first kappa shape index (κ1) is 19.9. The summed E-state index contributed by atoms with van der Waals surface area (Å²) in [5.74, 6) is 0.0146. The molecule has 0 aliphatic heterocycles. The number of benzene rings is 2. The number of alkyl halides is 3. The number of nitrogens with zero attached hydrogens (tertiary/aromatic N) is 3. The van der Waals surface area contributed by atoms with E-state index in [0.717, 1.165) is 28.8 Å². The summed E-state index contributed by atoms with van der Waals surface area (Å²) in [4.78, 5) is 24.9. The zero-order valence-corrected chi connectivity index (χ0v) is 16.5. The first-order chi connectivity index (χ1) is 14.1. The van der Waals surface area contributed by atoms with Crippen LogP contribution in [0.1, 0.15) is 11.3 Å². The Morgan fingerprint density at radius 3 is 2.50 bits per heavy atom. The summed E-state index contributed by atoms with van der Waals surface area (Å²) >= 11 is 1.16. The first-order valence-electron chi connectivity index (χ1n) is 8.68. The van der Waals surface area contributed by atoms with Gasteiger partial charge in [0.15, 0.2) is 0 Å². The third-order valence-electron chi connectivity index (χ3n) is 4.73. The third-order valence-corrected chi connectivity index (χ3v) is 5.56. The van der Waals surface area contributed by atoms with Crippen molar-refractivity contribution in [3.05, 3.63) is 74.6 Å². The van der Waals surface area contributed by atoms with Crippen molar-refractivity contribution in [3.8, 4) is 22.7 Å². The maximum absolute atomic E-state index is 13.1. The van der Waals surface area contributed by atoms with Gasteiger partial charge in [0, 0.05) is 24.1 Å². The van der Waals surface area contributed by atoms with Crippen LogP contribution < -0.4 is 11.2 Å². The lowest BCUT2D eigenvalue weighted by Gasteiger charge is -2.14. The molecule has 0 aliphatic carbocycles. The fourth-order valence-electron chi connectivity index (χ4n) is 3.23. The van der Waals surface area contributed by atoms with Crippen LogP contribution >= 0.6 is 11.5 Å². The van der Waals surface area contributed by atoms with E-state index in [4.69, 9.17) is 0 Å². The van der Waals surface area contributed by atoms with Crippen LogP contribution in [0.15, 0.2) is 52.1 Å². The lowest BCUT2D eigenvalue weighted by Crippen LogP contribution is -2.40. The van der Waals surface area contributed by atoms with E-state index in [1.54, 1.807) is 18.2 Å². The molecule has 2 aromatic heterocycles. The average molecular weight is 433 g/mol. The summed E-state index contributed by atoms with van der Waals surface area (Å²) in [6.45, 7) is 1.86. The Hall–Kier alpha value is -3.40. The number of fused-ring (bicyclic) bond motifs is 1. The summed E-state index contributed by atoms with van der Waals surface area (Å²) in [6.07, 6.45) is -4.83. The van der Waals surface area contributed by atoms with E-state index in [-0.39, 0.29) is 11.4 Å². The monoisotopic (exact) mass is 433 g/mol. The zero-order chi connectivity index (χ0) is 21.8. The van der Waals surface area contributed by atoms with Gasteiger partial charge >= 0.3 is 11.9 Å². The van der Waals surface area contributed by atoms with Crippen LogP contribution in [0.3, 0.4) is 0 Å². The number of hydrogen-bond donors (Lipinski definition) is 1. The maximum Gasteiger partial charge on any atom is 0.431 e. The third kappa shape index (κ3) is 3.18. The molecule has 0 radical (unpaired) electrons. The molecule has 0 amide bonds. The highest BCUT2D eigenvalue weighted by Crippen LogP contribution is 2.37. The van der Waals surface area contributed by atoms with Crippen molar-refractivity contribution < 1.29 is 18.3 Å². The number of phenols is 1. The van der Waals surface area contributed by atoms with E-state index in [0.29, 0.717) is 31.8 Å². The Kier molecular flexibility index (Phi) is 4.53. The molecule has 0 aliphatic rings. The van der Waals surface area contributed by atoms with Crippen LogP contribution in [-0.4, -0.2) is 18.6 Å². The summed E-state index contributed by atoms with van der Waals surface area (Å²) in [7, 11) is 0.960. The van der Waals surface area contributed by atoms with Crippen LogP contribution in [-0.2, 0) is 13.2 Å². The van der Waals surface area contributed by atoms with Gasteiger partial charge in [-0.2, -0.15) is 17.5 Å². The Balaban J connectivity index is 1.96. The van der Waals surface area contributed by atoms with E-state index < -0.39 is 23.1 Å². The fourth-order valence-corrected chi connectivity index (χ4v) is 4.00. The number of rotatable bonds is 2. The quantitative estimate of drug-likeness (QED) is 0.521. The Morgan fingerprint density at radius 2 is 1.80 bits per heavy atom. The van der Waals surface area contributed by atoms with Gasteiger partial charge in [-0.3, -0.25) is 9.36 Å². The predicted octanol–water partition coefficient (Wildman–Crippen LogP) is 3.85. The van der Waals surface area contributed by atoms with Gasteiger partial charge in [0.05, 0.1) is 16.1 Å². The Labute approximate surface area is 171 Å². The summed E-state index contributed by atoms with van der Waals surface area (Å²) in [5.41, 5.74) is -1.59. The molecule has 4 aromatic rings. The van der Waals surface area contributed by atoms with Crippen molar-refractivity contribution >= 4 is 21.6 Å². The SMILES string of the molecule is Cc1ccc(O)c(-c2nsc3ccc(-n4c(=O)cc(C(F)(F)F)n(C)c4=O)cc23)c1. The molecule has 4 rings (SSSR count). The standard InChI is InChI=1S/C20H14F3N3O3S/c1-10-3-5-14(27)12(7-10)18-13-8-11(4-6-15(13)30-24-18)26-17(28)9-16(20(21,22)23)25(2)19(26)29/h3-9,27H,1-2H3. The van der Waals surface area contributed by atoms with Crippen molar-refractivity contribution in [3.63, 3.8) is 0 Å². The molecule has 0 fully saturated rings. The average Bonchev–Trinajstić information content (AvgIpc) is 3.09. The second-order valence-electron chi connectivity index (χ2n) is 6.77. The van der Waals surface area contributed by atoms with Crippen molar-refractivity contribution in [1.82, 2.24) is 13.5 Å². The van der Waals surface area contributed by atoms with Gasteiger partial charge in [0.1, 0.15) is 11.4 Å². The molecule has 30 heavy (non-hydrogen) atoms. The van der Waals surface area contributed by atoms with E-state index in [1.807, 2.05) is 6.92 Å². The molecule has 10 heteroatoms. The van der Waals surface area contributed by atoms with Gasteiger partial charge in [0.2, 0.25) is 0 Å². The van der Waals surface area contributed by atoms with Gasteiger partial charge in [-0.25, -0.2) is 9.36 Å². The topological polar surface area (TPSA) is 77.1 Å². The van der Waals surface area contributed by atoms with Gasteiger partial charge in [-0.05, 0) is 48.8 Å². The smallest absolute Gasteiger partial charge is 0.431 e. The van der Waals surface area contributed by atoms with Crippen LogP contribution in [0.25, 0.3) is 27.0 Å². The largest absolute Gasteiger partial charge is 0.507 e. The van der Waals surface area contributed by atoms with Crippen molar-refractivity contribution in [2.24, 2.45) is 7.05 Å². The first-order valence-corrected chi connectivity index (χ1v) is 9.45. The number of hydrogen-bond acceptors (Lipinski definition) is 5. The minimum absolute atomic E-state index is 0.0146. The molecule has 154 valence electrons. The lowest BCUT2D eigenvalue weighted by atomic mass is 10.0. The minimum atomic E-state index is -4.83. The minimum Gasteiger partial charge on any atom is -0.507 e. The number of aryl methyl sites for hydroxylation is 1. The van der Waals surface area contributed by atoms with Gasteiger partial charge in [0.25, 0.3) is 5.56 Å². The normalized spacial score (nSPS) is 11.9. The van der Waals surface area contributed by atoms with Crippen LogP contribution in [0.4, 0.5) is 13.2 Å². The molecule has 6 nitrogen and oxygen atoms in total. The molecule has 1 N–H and O–H groups in total. The van der Waals surface area contributed by atoms with Crippen molar-refractivity contribution in [1.29, 1.82) is 0 Å². The highest BCUT2D eigenvalue weighted by atomic mass is 32.1. The molecule has 0 saturated heterocycles. The molecule has 0 spiro atoms. The molecule has 0 unspecified atom stereocenters. The van der Waals surface area contributed by atoms with Crippen molar-refractivity contribution in [2.75, 3.05) is 0 Å². The fraction of sp³-hybridized carbons (Fsp3) is 0.150. The van der Waals surface area contributed by atoms with Crippen LogP contribution in [0.2, 0.25) is 0 Å². The van der Waals surface area contributed by atoms with Gasteiger partial charge in [-0.15, -0.1) is 0 Å². The second kappa shape index (κ2) is 6.84. The lowest BCUT2D eigenvalue weighted by molar-refractivity contribution is -0.144. The number of halogens is 3. The zero-order valence-electron chi connectivity index (χ0n) is 15.7. The van der Waals surface area contributed by atoms with Crippen LogP contribution in [0.5, 0.6) is 5.75 Å². The van der Waals surface area contributed by atoms with E-state index in [1.165, 1.54) is 18.2 Å². The Bertz CT molecular complexity index is 1420. The van der Waals surface area contributed by atoms with Gasteiger partial charge < -0.3 is 5.11 Å². The van der Waals surface area contributed by atoms with Gasteiger partial charge in [-0.1, -0.05) is 11.6 Å². The summed E-state index contributed by atoms with van der Waals surface area (Å²) in [5, 5.41) is 10.8. The number of aromatic nitrogens is 3. The summed E-state index contributed by atoms with van der Waals surface area (Å²) in [6, 6.07) is 10.0.